The maximum absolute atomic E-state index is 10.8. The van der Waals surface area contributed by atoms with Gasteiger partial charge in [-0.05, 0) is 133 Å². The van der Waals surface area contributed by atoms with Crippen LogP contribution in [0.2, 0.25) is 0 Å². The monoisotopic (exact) mass is 674 g/mol. The molecule has 4 aliphatic carbocycles. The fourth-order valence-electron chi connectivity index (χ4n) is 12.0. The average Bonchev–Trinajstić information content (AvgIpc) is 3.71. The number of aromatic nitrogens is 1. The molecule has 13 rings (SSSR count). The molecule has 7 aromatic rings. The van der Waals surface area contributed by atoms with E-state index in [-0.39, 0.29) is 0 Å². The Morgan fingerprint density at radius 1 is 0.673 bits per heavy atom. The Morgan fingerprint density at radius 3 is 2.13 bits per heavy atom. The lowest BCUT2D eigenvalue weighted by Gasteiger charge is -2.41. The average molecular weight is 675 g/mol. The summed E-state index contributed by atoms with van der Waals surface area (Å²) in [7, 11) is 0. The van der Waals surface area contributed by atoms with Crippen molar-refractivity contribution >= 4 is 55.2 Å². The summed E-state index contributed by atoms with van der Waals surface area (Å²) in [6.45, 7) is 4.51. The highest BCUT2D eigenvalue weighted by molar-refractivity contribution is 6.30. The first-order chi connectivity index (χ1) is 25.6. The summed E-state index contributed by atoms with van der Waals surface area (Å²) in [6, 6.07) is 25.0. The van der Waals surface area contributed by atoms with E-state index in [0.29, 0.717) is 17.8 Å². The molecule has 0 N–H and O–H groups in total. The Bertz CT molecular complexity index is 2850. The molecule has 2 fully saturated rings. The summed E-state index contributed by atoms with van der Waals surface area (Å²) < 4.78 is 9.68. The van der Waals surface area contributed by atoms with Crippen LogP contribution < -0.4 is 9.64 Å². The number of ether oxygens (including phenoxy) is 1. The van der Waals surface area contributed by atoms with E-state index in [4.69, 9.17) is 4.74 Å². The van der Waals surface area contributed by atoms with Crippen LogP contribution in [-0.4, -0.2) is 4.40 Å². The zero-order valence-corrected chi connectivity index (χ0v) is 29.7. The van der Waals surface area contributed by atoms with E-state index in [1.807, 2.05) is 0 Å². The fourth-order valence-corrected chi connectivity index (χ4v) is 12.0. The van der Waals surface area contributed by atoms with Gasteiger partial charge in [0.2, 0.25) is 0 Å². The number of nitriles is 2. The molecule has 4 heterocycles. The predicted molar refractivity (Wildman–Crippen MR) is 207 cm³/mol. The van der Waals surface area contributed by atoms with Crippen molar-refractivity contribution < 1.29 is 4.74 Å². The van der Waals surface area contributed by atoms with Gasteiger partial charge in [0.1, 0.15) is 0 Å². The number of fused-ring (bicyclic) bond motifs is 14. The SMILES string of the molecule is Cc1cccc2c1N1c3ccccc3Oc3c1c(c1c4c5c(c(C#N)cc4n4c6cc(C#N)c(C7CCCCC7)c(C)c6c3c14)C1CCC5CC1)C2. The van der Waals surface area contributed by atoms with Crippen molar-refractivity contribution in [2.24, 2.45) is 0 Å². The zero-order chi connectivity index (χ0) is 34.6. The molecule has 0 atom stereocenters. The molecule has 5 nitrogen and oxygen atoms in total. The summed E-state index contributed by atoms with van der Waals surface area (Å²) >= 11 is 0. The fraction of sp³-hybridized carbons (Fsp3) is 0.319. The standard InChI is InChI=1S/C47H38N4O/c1-24-9-8-12-29-19-32-41-42-35(21-31(23-49)39-27-15-17-28(18-16-27)40(39)42)50-34-20-30(22-48)37(26-10-4-3-5-11-26)25(2)38(34)43(46(41)50)47-45(32)51(44(24)29)33-13-6-7-14-36(33)52-47/h6-9,12-14,20-21,26-28H,3-5,10-11,15-19H2,1-2H3. The highest BCUT2D eigenvalue weighted by Crippen LogP contribution is 2.64. The lowest BCUT2D eigenvalue weighted by atomic mass is 9.64. The molecule has 6 aliphatic rings. The smallest absolute Gasteiger partial charge is 0.161 e. The molecule has 0 saturated heterocycles. The van der Waals surface area contributed by atoms with Gasteiger partial charge in [-0.2, -0.15) is 10.5 Å². The minimum atomic E-state index is 0.385. The number of hydrogen-bond acceptors (Lipinski definition) is 4. The Balaban J connectivity index is 1.35. The molecule has 0 amide bonds. The second-order valence-corrected chi connectivity index (χ2v) is 16.4. The third-order valence-corrected chi connectivity index (χ3v) is 14.0. The van der Waals surface area contributed by atoms with E-state index < -0.39 is 0 Å². The number of anilines is 3. The first-order valence-electron chi connectivity index (χ1n) is 19.4. The van der Waals surface area contributed by atoms with Crippen molar-refractivity contribution in [3.63, 3.8) is 0 Å². The first kappa shape index (κ1) is 29.1. The van der Waals surface area contributed by atoms with Crippen molar-refractivity contribution in [1.82, 2.24) is 4.40 Å². The third kappa shape index (κ3) is 3.39. The summed E-state index contributed by atoms with van der Waals surface area (Å²) in [6.07, 6.45) is 11.5. The molecule has 2 aliphatic heterocycles. The minimum Gasteiger partial charge on any atom is -0.452 e. The lowest BCUT2D eigenvalue weighted by Crippen LogP contribution is -2.24. The molecule has 5 aromatic carbocycles. The normalized spacial score (nSPS) is 20.1. The largest absolute Gasteiger partial charge is 0.452 e. The van der Waals surface area contributed by atoms with Crippen LogP contribution in [0, 0.1) is 36.5 Å². The Kier molecular flexibility index (Phi) is 5.64. The Hall–Kier alpha value is -5.52. The molecule has 2 saturated carbocycles. The van der Waals surface area contributed by atoms with E-state index in [9.17, 15) is 10.5 Å². The Morgan fingerprint density at radius 2 is 1.37 bits per heavy atom. The number of para-hydroxylation sites is 3. The molecule has 2 aromatic heterocycles. The summed E-state index contributed by atoms with van der Waals surface area (Å²) in [5.41, 5.74) is 17.6. The molecule has 0 spiro atoms. The van der Waals surface area contributed by atoms with E-state index in [2.05, 4.69) is 89.9 Å². The molecule has 252 valence electrons. The zero-order valence-electron chi connectivity index (χ0n) is 29.7. The van der Waals surface area contributed by atoms with Gasteiger partial charge in [0.25, 0.3) is 0 Å². The molecule has 0 unspecified atom stereocenters. The van der Waals surface area contributed by atoms with Crippen LogP contribution in [0.4, 0.5) is 17.1 Å². The van der Waals surface area contributed by atoms with Crippen LogP contribution in [0.1, 0.15) is 126 Å². The van der Waals surface area contributed by atoms with Gasteiger partial charge < -0.3 is 14.0 Å². The second-order valence-electron chi connectivity index (χ2n) is 16.4. The maximum atomic E-state index is 10.8. The van der Waals surface area contributed by atoms with Gasteiger partial charge in [0, 0.05) is 22.6 Å². The summed E-state index contributed by atoms with van der Waals surface area (Å²) in [5, 5.41) is 26.6. The first-order valence-corrected chi connectivity index (χ1v) is 19.4. The van der Waals surface area contributed by atoms with E-state index in [0.717, 1.165) is 69.7 Å². The lowest BCUT2D eigenvalue weighted by molar-refractivity contribution is 0.360. The van der Waals surface area contributed by atoms with Crippen molar-refractivity contribution in [3.8, 4) is 23.6 Å². The van der Waals surface area contributed by atoms with E-state index in [1.54, 1.807) is 0 Å². The number of nitrogens with zero attached hydrogens (tertiary/aromatic N) is 4. The van der Waals surface area contributed by atoms with Crippen LogP contribution in [0.25, 0.3) is 38.1 Å². The van der Waals surface area contributed by atoms with Crippen LogP contribution >= 0.6 is 0 Å². The van der Waals surface area contributed by atoms with Crippen molar-refractivity contribution in [2.75, 3.05) is 4.90 Å². The molecule has 0 radical (unpaired) electrons. The van der Waals surface area contributed by atoms with Crippen molar-refractivity contribution in [1.29, 1.82) is 10.5 Å². The van der Waals surface area contributed by atoms with Crippen LogP contribution in [0.5, 0.6) is 11.5 Å². The Labute approximate surface area is 303 Å². The van der Waals surface area contributed by atoms with Gasteiger partial charge in [0.15, 0.2) is 11.5 Å². The molecular formula is C47H38N4O. The molecule has 52 heavy (non-hydrogen) atoms. The second kappa shape index (κ2) is 10.1. The van der Waals surface area contributed by atoms with Gasteiger partial charge in [-0.15, -0.1) is 0 Å². The minimum absolute atomic E-state index is 0.385. The van der Waals surface area contributed by atoms with Gasteiger partial charge in [-0.25, -0.2) is 0 Å². The van der Waals surface area contributed by atoms with E-state index in [1.165, 1.54) is 111 Å². The third-order valence-electron chi connectivity index (χ3n) is 14.0. The van der Waals surface area contributed by atoms with E-state index >= 15 is 0 Å². The summed E-state index contributed by atoms with van der Waals surface area (Å²) in [5.74, 6) is 3.08. The van der Waals surface area contributed by atoms with Gasteiger partial charge in [-0.3, -0.25) is 0 Å². The highest BCUT2D eigenvalue weighted by atomic mass is 16.5. The molecule has 5 heteroatoms. The maximum Gasteiger partial charge on any atom is 0.161 e. The molecular weight excluding hydrogens is 637 g/mol. The predicted octanol–water partition coefficient (Wildman–Crippen LogP) is 12.5. The number of aryl methyl sites for hydroxylation is 2. The van der Waals surface area contributed by atoms with Crippen molar-refractivity contribution in [3.05, 3.63) is 105 Å². The molecule has 2 bridgehead atoms. The van der Waals surface area contributed by atoms with Gasteiger partial charge >= 0.3 is 0 Å². The summed E-state index contributed by atoms with van der Waals surface area (Å²) in [4.78, 5) is 2.51. The van der Waals surface area contributed by atoms with Crippen molar-refractivity contribution in [2.45, 2.75) is 95.8 Å². The van der Waals surface area contributed by atoms with Gasteiger partial charge in [0.05, 0.1) is 62.3 Å². The number of rotatable bonds is 1. The topological polar surface area (TPSA) is 64.5 Å². The van der Waals surface area contributed by atoms with Crippen LogP contribution in [-0.2, 0) is 6.42 Å². The van der Waals surface area contributed by atoms with Crippen LogP contribution in [0.3, 0.4) is 0 Å². The van der Waals surface area contributed by atoms with Gasteiger partial charge in [-0.1, -0.05) is 49.6 Å². The number of benzene rings is 5. The highest BCUT2D eigenvalue weighted by Gasteiger charge is 2.43. The quantitative estimate of drug-likeness (QED) is 0.174. The number of hydrogen-bond donors (Lipinski definition) is 0. The van der Waals surface area contributed by atoms with Crippen LogP contribution in [0.15, 0.2) is 54.6 Å².